The summed E-state index contributed by atoms with van der Waals surface area (Å²) in [6, 6.07) is 7.49. The second-order valence-corrected chi connectivity index (χ2v) is 6.76. The monoisotopic (exact) mass is 347 g/mol. The van der Waals surface area contributed by atoms with Crippen LogP contribution >= 0.6 is 11.6 Å². The van der Waals surface area contributed by atoms with Gasteiger partial charge in [-0.05, 0) is 51.0 Å². The summed E-state index contributed by atoms with van der Waals surface area (Å²) in [6.07, 6.45) is 1.40. The first kappa shape index (κ1) is 17.0. The van der Waals surface area contributed by atoms with Gasteiger partial charge in [0.25, 0.3) is 0 Å². The van der Waals surface area contributed by atoms with Gasteiger partial charge in [0.1, 0.15) is 0 Å². The normalized spacial score (nSPS) is 15.8. The molecule has 1 aromatic carbocycles. The Labute approximate surface area is 146 Å². The second kappa shape index (κ2) is 6.95. The molecule has 128 valence electrons. The number of halogens is 1. The molecule has 0 atom stereocenters. The summed E-state index contributed by atoms with van der Waals surface area (Å²) in [4.78, 5) is 14.4. The first-order valence-electron chi connectivity index (χ1n) is 8.22. The van der Waals surface area contributed by atoms with Crippen LogP contribution in [0.25, 0.3) is 5.69 Å². The molecule has 0 bridgehead atoms. The summed E-state index contributed by atoms with van der Waals surface area (Å²) in [5.74, 6) is 0.101. The molecule has 1 aromatic heterocycles. The van der Waals surface area contributed by atoms with Crippen molar-refractivity contribution in [3.8, 4) is 5.69 Å². The zero-order valence-electron chi connectivity index (χ0n) is 14.0. The Bertz CT molecular complexity index is 731. The third-order valence-corrected chi connectivity index (χ3v) is 4.91. The maximum absolute atomic E-state index is 12.6. The summed E-state index contributed by atoms with van der Waals surface area (Å²) in [6.45, 7) is 5.17. The number of amides is 1. The largest absolute Gasteiger partial charge is 0.393 e. The van der Waals surface area contributed by atoms with Crippen LogP contribution in [0, 0.1) is 13.8 Å². The van der Waals surface area contributed by atoms with Gasteiger partial charge in [0.2, 0.25) is 5.91 Å². The Morgan fingerprint density at radius 1 is 1.25 bits per heavy atom. The van der Waals surface area contributed by atoms with Crippen LogP contribution in [0.1, 0.15) is 29.8 Å². The van der Waals surface area contributed by atoms with Crippen LogP contribution in [0.15, 0.2) is 24.3 Å². The topological polar surface area (TPSA) is 58.4 Å². The van der Waals surface area contributed by atoms with Crippen LogP contribution in [-0.2, 0) is 11.2 Å². The number of piperidine rings is 1. The number of likely N-dealkylation sites (tertiary alicyclic amines) is 1. The van der Waals surface area contributed by atoms with Crippen molar-refractivity contribution in [1.82, 2.24) is 14.7 Å². The van der Waals surface area contributed by atoms with Crippen LogP contribution < -0.4 is 0 Å². The van der Waals surface area contributed by atoms with E-state index in [4.69, 9.17) is 11.6 Å². The smallest absolute Gasteiger partial charge is 0.227 e. The minimum Gasteiger partial charge on any atom is -0.393 e. The molecule has 0 unspecified atom stereocenters. The Hall–Kier alpha value is -1.85. The first-order chi connectivity index (χ1) is 11.5. The highest BCUT2D eigenvalue weighted by atomic mass is 35.5. The zero-order valence-corrected chi connectivity index (χ0v) is 14.8. The fourth-order valence-electron chi connectivity index (χ4n) is 3.14. The molecule has 1 N–H and O–H groups in total. The molecule has 1 amide bonds. The summed E-state index contributed by atoms with van der Waals surface area (Å²) in [5, 5.41) is 14.8. The quantitative estimate of drug-likeness (QED) is 0.928. The van der Waals surface area contributed by atoms with E-state index in [-0.39, 0.29) is 12.0 Å². The van der Waals surface area contributed by atoms with Gasteiger partial charge in [0.05, 0.1) is 23.9 Å². The highest BCUT2D eigenvalue weighted by Gasteiger charge is 2.23. The van der Waals surface area contributed by atoms with E-state index < -0.39 is 0 Å². The number of rotatable bonds is 3. The number of hydrogen-bond donors (Lipinski definition) is 1. The molecular formula is C18H22ClN3O2. The molecule has 0 radical (unpaired) electrons. The minimum atomic E-state index is -0.273. The van der Waals surface area contributed by atoms with Crippen LogP contribution in [0.2, 0.25) is 5.02 Å². The predicted octanol–water partition coefficient (Wildman–Crippen LogP) is 2.67. The van der Waals surface area contributed by atoms with Gasteiger partial charge in [-0.3, -0.25) is 4.79 Å². The van der Waals surface area contributed by atoms with Gasteiger partial charge in [-0.2, -0.15) is 5.10 Å². The summed E-state index contributed by atoms with van der Waals surface area (Å²) < 4.78 is 1.86. The lowest BCUT2D eigenvalue weighted by atomic mass is 10.1. The molecule has 2 heterocycles. The molecule has 1 fully saturated rings. The molecule has 2 aromatic rings. The standard InChI is InChI=1S/C18H22ClN3O2/c1-12-17(11-18(24)21-9-7-16(23)8-10-21)13(2)22(20-12)15-5-3-14(19)4-6-15/h3-6,16,23H,7-11H2,1-2H3. The number of aliphatic hydroxyl groups excluding tert-OH is 1. The van der Waals surface area contributed by atoms with Gasteiger partial charge in [0, 0.05) is 29.4 Å². The number of aliphatic hydroxyl groups is 1. The van der Waals surface area contributed by atoms with Crippen LogP contribution in [-0.4, -0.2) is 44.9 Å². The molecule has 6 heteroatoms. The first-order valence-corrected chi connectivity index (χ1v) is 8.60. The van der Waals surface area contributed by atoms with Gasteiger partial charge in [-0.1, -0.05) is 11.6 Å². The molecule has 1 aliphatic rings. The summed E-state index contributed by atoms with van der Waals surface area (Å²) >= 11 is 5.94. The number of nitrogens with zero attached hydrogens (tertiary/aromatic N) is 3. The van der Waals surface area contributed by atoms with Crippen molar-refractivity contribution < 1.29 is 9.90 Å². The number of aryl methyl sites for hydroxylation is 1. The lowest BCUT2D eigenvalue weighted by molar-refractivity contribution is -0.132. The van der Waals surface area contributed by atoms with Crippen molar-refractivity contribution >= 4 is 17.5 Å². The molecule has 0 saturated carbocycles. The van der Waals surface area contributed by atoms with Crippen molar-refractivity contribution in [2.75, 3.05) is 13.1 Å². The van der Waals surface area contributed by atoms with E-state index in [0.29, 0.717) is 37.4 Å². The predicted molar refractivity (Wildman–Crippen MR) is 93.6 cm³/mol. The molecule has 1 aliphatic heterocycles. The molecule has 3 rings (SSSR count). The molecule has 0 aliphatic carbocycles. The average molecular weight is 348 g/mol. The molecule has 0 spiro atoms. The molecule has 1 saturated heterocycles. The summed E-state index contributed by atoms with van der Waals surface area (Å²) in [7, 11) is 0. The van der Waals surface area contributed by atoms with E-state index in [1.165, 1.54) is 0 Å². The fourth-order valence-corrected chi connectivity index (χ4v) is 3.27. The van der Waals surface area contributed by atoms with E-state index in [1.807, 2.05) is 47.7 Å². The van der Waals surface area contributed by atoms with Gasteiger partial charge in [0.15, 0.2) is 0 Å². The van der Waals surface area contributed by atoms with Crippen molar-refractivity contribution in [2.24, 2.45) is 0 Å². The van der Waals surface area contributed by atoms with Gasteiger partial charge in [-0.15, -0.1) is 0 Å². The maximum atomic E-state index is 12.6. The highest BCUT2D eigenvalue weighted by molar-refractivity contribution is 6.30. The van der Waals surface area contributed by atoms with E-state index in [1.54, 1.807) is 0 Å². The number of carbonyl (C=O) groups is 1. The molecular weight excluding hydrogens is 326 g/mol. The number of hydrogen-bond acceptors (Lipinski definition) is 3. The number of carbonyl (C=O) groups excluding carboxylic acids is 1. The van der Waals surface area contributed by atoms with E-state index in [2.05, 4.69) is 5.10 Å². The van der Waals surface area contributed by atoms with Gasteiger partial charge < -0.3 is 10.0 Å². The van der Waals surface area contributed by atoms with Crippen LogP contribution in [0.4, 0.5) is 0 Å². The van der Waals surface area contributed by atoms with Crippen LogP contribution in [0.5, 0.6) is 0 Å². The van der Waals surface area contributed by atoms with E-state index in [0.717, 1.165) is 22.6 Å². The van der Waals surface area contributed by atoms with Crippen molar-refractivity contribution in [3.05, 3.63) is 46.2 Å². The Kier molecular flexibility index (Phi) is 4.92. The molecule has 24 heavy (non-hydrogen) atoms. The number of benzene rings is 1. The van der Waals surface area contributed by atoms with Crippen molar-refractivity contribution in [3.63, 3.8) is 0 Å². The maximum Gasteiger partial charge on any atom is 0.227 e. The SMILES string of the molecule is Cc1nn(-c2ccc(Cl)cc2)c(C)c1CC(=O)N1CCC(O)CC1. The third kappa shape index (κ3) is 3.47. The van der Waals surface area contributed by atoms with Crippen LogP contribution in [0.3, 0.4) is 0 Å². The Balaban J connectivity index is 1.79. The highest BCUT2D eigenvalue weighted by Crippen LogP contribution is 2.21. The fraction of sp³-hybridized carbons (Fsp3) is 0.444. The third-order valence-electron chi connectivity index (χ3n) is 4.66. The van der Waals surface area contributed by atoms with Crippen molar-refractivity contribution in [1.29, 1.82) is 0 Å². The van der Waals surface area contributed by atoms with Crippen molar-refractivity contribution in [2.45, 2.75) is 39.2 Å². The lowest BCUT2D eigenvalue weighted by Crippen LogP contribution is -2.40. The average Bonchev–Trinajstić information content (AvgIpc) is 2.84. The minimum absolute atomic E-state index is 0.101. The second-order valence-electron chi connectivity index (χ2n) is 6.33. The Morgan fingerprint density at radius 2 is 1.88 bits per heavy atom. The lowest BCUT2D eigenvalue weighted by Gasteiger charge is -2.29. The molecule has 5 nitrogen and oxygen atoms in total. The summed E-state index contributed by atoms with van der Waals surface area (Å²) in [5.41, 5.74) is 3.74. The van der Waals surface area contributed by atoms with Gasteiger partial charge in [-0.25, -0.2) is 4.68 Å². The van der Waals surface area contributed by atoms with E-state index >= 15 is 0 Å². The Morgan fingerprint density at radius 3 is 2.50 bits per heavy atom. The van der Waals surface area contributed by atoms with E-state index in [9.17, 15) is 9.90 Å². The number of aromatic nitrogens is 2. The van der Waals surface area contributed by atoms with Gasteiger partial charge >= 0.3 is 0 Å². The zero-order chi connectivity index (χ0) is 17.3.